The monoisotopic (exact) mass is 248 g/mol. The molecule has 5 nitrogen and oxygen atoms in total. The molecular formula is C13H14NO4-. The quantitative estimate of drug-likeness (QED) is 0.611. The number of benzene rings is 1. The fourth-order valence-corrected chi connectivity index (χ4v) is 2.45. The molecular weight excluding hydrogens is 234 g/mol. The molecule has 0 aliphatic carbocycles. The number of carbonyl (C=O) groups is 2. The second kappa shape index (κ2) is 5.18. The Morgan fingerprint density at radius 1 is 1.17 bits per heavy atom. The number of aliphatic carboxylic acids is 2. The smallest absolute Gasteiger partial charge is 0.128 e. The lowest BCUT2D eigenvalue weighted by Crippen LogP contribution is -3.13. The van der Waals surface area contributed by atoms with Crippen LogP contribution in [-0.4, -0.2) is 18.0 Å². The van der Waals surface area contributed by atoms with Gasteiger partial charge in [0.25, 0.3) is 0 Å². The van der Waals surface area contributed by atoms with Crippen molar-refractivity contribution in [2.45, 2.75) is 32.0 Å². The van der Waals surface area contributed by atoms with Crippen LogP contribution in [0, 0.1) is 0 Å². The molecule has 2 rings (SSSR count). The van der Waals surface area contributed by atoms with Gasteiger partial charge in [-0.1, -0.05) is 24.3 Å². The molecule has 0 bridgehead atoms. The predicted molar refractivity (Wildman–Crippen MR) is 57.8 cm³/mol. The van der Waals surface area contributed by atoms with Crippen molar-refractivity contribution in [1.29, 1.82) is 0 Å². The minimum Gasteiger partial charge on any atom is -0.550 e. The van der Waals surface area contributed by atoms with Gasteiger partial charge >= 0.3 is 0 Å². The molecule has 0 amide bonds. The number of carboxylic acids is 2. The van der Waals surface area contributed by atoms with Crippen molar-refractivity contribution < 1.29 is 24.7 Å². The van der Waals surface area contributed by atoms with E-state index in [1.165, 1.54) is 0 Å². The number of quaternary nitrogens is 1. The second-order valence-electron chi connectivity index (χ2n) is 4.56. The number of rotatable bonds is 5. The van der Waals surface area contributed by atoms with Crippen molar-refractivity contribution in [3.05, 3.63) is 35.4 Å². The largest absolute Gasteiger partial charge is 0.550 e. The molecule has 1 aliphatic heterocycles. The average Bonchev–Trinajstić information content (AvgIpc) is 2.71. The predicted octanol–water partition coefficient (Wildman–Crippen LogP) is -2.77. The zero-order chi connectivity index (χ0) is 13.1. The maximum Gasteiger partial charge on any atom is 0.128 e. The van der Waals surface area contributed by atoms with E-state index in [4.69, 9.17) is 0 Å². The minimum atomic E-state index is -1.22. The molecule has 0 fully saturated rings. The number of carbonyl (C=O) groups excluding carboxylic acids is 2. The molecule has 0 saturated heterocycles. The van der Waals surface area contributed by atoms with Crippen molar-refractivity contribution in [1.82, 2.24) is 0 Å². The minimum absolute atomic E-state index is 0.0496. The van der Waals surface area contributed by atoms with Crippen molar-refractivity contribution in [3.63, 3.8) is 0 Å². The molecule has 1 aromatic carbocycles. The zero-order valence-electron chi connectivity index (χ0n) is 9.85. The number of hydrogen-bond acceptors (Lipinski definition) is 4. The van der Waals surface area contributed by atoms with Crippen molar-refractivity contribution >= 4 is 11.9 Å². The van der Waals surface area contributed by atoms with Gasteiger partial charge in [-0.25, -0.2) is 0 Å². The first kappa shape index (κ1) is 12.6. The van der Waals surface area contributed by atoms with E-state index in [0.29, 0.717) is 13.1 Å². The van der Waals surface area contributed by atoms with Gasteiger partial charge in [0, 0.05) is 23.5 Å². The maximum absolute atomic E-state index is 11.1. The molecule has 1 aliphatic rings. The second-order valence-corrected chi connectivity index (χ2v) is 4.56. The molecule has 1 heterocycles. The summed E-state index contributed by atoms with van der Waals surface area (Å²) in [5.41, 5.74) is 2.24. The van der Waals surface area contributed by atoms with E-state index in [2.05, 4.69) is 0 Å². The van der Waals surface area contributed by atoms with Crippen LogP contribution in [-0.2, 0) is 22.7 Å². The van der Waals surface area contributed by atoms with Crippen LogP contribution in [0.5, 0.6) is 0 Å². The molecule has 0 aromatic heterocycles. The Labute approximate surface area is 105 Å². The Balaban J connectivity index is 2.06. The van der Waals surface area contributed by atoms with E-state index < -0.39 is 18.0 Å². The first-order valence-corrected chi connectivity index (χ1v) is 5.90. The zero-order valence-corrected chi connectivity index (χ0v) is 9.85. The van der Waals surface area contributed by atoms with Crippen molar-refractivity contribution in [2.75, 3.05) is 0 Å². The molecule has 18 heavy (non-hydrogen) atoms. The van der Waals surface area contributed by atoms with Crippen LogP contribution in [0.1, 0.15) is 24.0 Å². The van der Waals surface area contributed by atoms with Crippen LogP contribution in [0.15, 0.2) is 24.3 Å². The number of carboxylic acid groups (broad SMARTS) is 2. The Morgan fingerprint density at radius 2 is 1.72 bits per heavy atom. The van der Waals surface area contributed by atoms with E-state index in [-0.39, 0.29) is 12.8 Å². The maximum atomic E-state index is 11.1. The van der Waals surface area contributed by atoms with Gasteiger partial charge in [0.05, 0.1) is 5.97 Å². The van der Waals surface area contributed by atoms with Gasteiger partial charge < -0.3 is 24.7 Å². The van der Waals surface area contributed by atoms with Crippen LogP contribution >= 0.6 is 0 Å². The lowest BCUT2D eigenvalue weighted by molar-refractivity contribution is -0.939. The van der Waals surface area contributed by atoms with Crippen LogP contribution in [0.2, 0.25) is 0 Å². The first-order valence-electron chi connectivity index (χ1n) is 5.90. The van der Waals surface area contributed by atoms with E-state index in [1.807, 2.05) is 24.3 Å². The third-order valence-electron chi connectivity index (χ3n) is 3.37. The van der Waals surface area contributed by atoms with Gasteiger partial charge in [0.2, 0.25) is 0 Å². The summed E-state index contributed by atoms with van der Waals surface area (Å²) in [6.07, 6.45) is -0.202. The van der Waals surface area contributed by atoms with E-state index in [0.717, 1.165) is 16.0 Å². The highest BCUT2D eigenvalue weighted by molar-refractivity contribution is 5.71. The highest BCUT2D eigenvalue weighted by atomic mass is 16.4. The summed E-state index contributed by atoms with van der Waals surface area (Å²) < 4.78 is 0. The molecule has 1 atom stereocenters. The Morgan fingerprint density at radius 3 is 2.17 bits per heavy atom. The van der Waals surface area contributed by atoms with Crippen molar-refractivity contribution in [2.24, 2.45) is 0 Å². The first-order chi connectivity index (χ1) is 8.58. The summed E-state index contributed by atoms with van der Waals surface area (Å²) in [6, 6.07) is 6.96. The average molecular weight is 248 g/mol. The van der Waals surface area contributed by atoms with Crippen LogP contribution in [0.4, 0.5) is 0 Å². The fraction of sp³-hybridized carbons (Fsp3) is 0.385. The molecule has 0 spiro atoms. The Kier molecular flexibility index (Phi) is 3.62. The van der Waals surface area contributed by atoms with E-state index in [1.54, 1.807) is 0 Å². The summed E-state index contributed by atoms with van der Waals surface area (Å²) in [7, 11) is 0. The molecule has 1 N–H and O–H groups in total. The Hall–Kier alpha value is -1.88. The highest BCUT2D eigenvalue weighted by Gasteiger charge is 2.29. The third-order valence-corrected chi connectivity index (χ3v) is 3.37. The third kappa shape index (κ3) is 2.68. The standard InChI is InChI=1S/C13H15NO4/c15-12(16)6-5-11(13(17)18)14-7-9-3-1-2-4-10(9)8-14/h1-4,11H,5-8H2,(H,15,16)(H,17,18)/p-1/t11-/m0/s1. The van der Waals surface area contributed by atoms with E-state index in [9.17, 15) is 19.8 Å². The lowest BCUT2D eigenvalue weighted by Gasteiger charge is -2.25. The fourth-order valence-electron chi connectivity index (χ4n) is 2.45. The summed E-state index contributed by atoms with van der Waals surface area (Å²) in [5.74, 6) is -2.42. The molecule has 96 valence electrons. The summed E-state index contributed by atoms with van der Waals surface area (Å²) >= 11 is 0. The SMILES string of the molecule is O=C([O-])CC[C@@H](C(=O)[O-])[NH+]1Cc2ccccc2C1. The van der Waals surface area contributed by atoms with Gasteiger partial charge in [-0.15, -0.1) is 0 Å². The Bertz CT molecular complexity index is 447. The van der Waals surface area contributed by atoms with Gasteiger partial charge in [0.1, 0.15) is 19.1 Å². The molecule has 0 radical (unpaired) electrons. The van der Waals surface area contributed by atoms with Gasteiger partial charge in [-0.3, -0.25) is 0 Å². The van der Waals surface area contributed by atoms with Gasteiger partial charge in [0.15, 0.2) is 0 Å². The number of nitrogens with one attached hydrogen (secondary N) is 1. The molecule has 0 unspecified atom stereocenters. The normalized spacial score (nSPS) is 16.2. The summed E-state index contributed by atoms with van der Waals surface area (Å²) in [4.78, 5) is 22.4. The van der Waals surface area contributed by atoms with E-state index >= 15 is 0 Å². The summed E-state index contributed by atoms with van der Waals surface area (Å²) in [6.45, 7) is 1.20. The topological polar surface area (TPSA) is 84.7 Å². The van der Waals surface area contributed by atoms with Crippen LogP contribution in [0.25, 0.3) is 0 Å². The number of hydrogen-bond donors (Lipinski definition) is 1. The summed E-state index contributed by atoms with van der Waals surface area (Å²) in [5, 5.41) is 21.5. The van der Waals surface area contributed by atoms with Gasteiger partial charge in [-0.05, 0) is 6.42 Å². The van der Waals surface area contributed by atoms with Crippen LogP contribution in [0.3, 0.4) is 0 Å². The molecule has 1 aromatic rings. The molecule has 0 saturated carbocycles. The lowest BCUT2D eigenvalue weighted by atomic mass is 10.1. The molecule has 5 heteroatoms. The number of fused-ring (bicyclic) bond motifs is 1. The highest BCUT2D eigenvalue weighted by Crippen LogP contribution is 2.12. The van der Waals surface area contributed by atoms with Crippen molar-refractivity contribution in [3.8, 4) is 0 Å². The van der Waals surface area contributed by atoms with Crippen LogP contribution < -0.4 is 15.1 Å². The van der Waals surface area contributed by atoms with Gasteiger partial charge in [-0.2, -0.15) is 0 Å².